The molecule has 1 aliphatic rings. The van der Waals surface area contributed by atoms with Crippen LogP contribution in [0.3, 0.4) is 0 Å². The maximum absolute atomic E-state index is 13.2. The van der Waals surface area contributed by atoms with Crippen LogP contribution in [0.2, 0.25) is 0 Å². The topological polar surface area (TPSA) is 102 Å². The molecule has 0 unspecified atom stereocenters. The Kier molecular flexibility index (Phi) is 7.40. The molecule has 35 heavy (non-hydrogen) atoms. The summed E-state index contributed by atoms with van der Waals surface area (Å²) in [7, 11) is 0. The molecule has 0 saturated carbocycles. The van der Waals surface area contributed by atoms with Gasteiger partial charge in [-0.1, -0.05) is 31.2 Å². The van der Waals surface area contributed by atoms with Gasteiger partial charge in [0.1, 0.15) is 12.1 Å². The third kappa shape index (κ3) is 5.66. The zero-order chi connectivity index (χ0) is 24.8. The normalized spacial score (nSPS) is 13.3. The summed E-state index contributed by atoms with van der Waals surface area (Å²) in [6.45, 7) is 6.09. The highest BCUT2D eigenvalue weighted by Crippen LogP contribution is 2.28. The van der Waals surface area contributed by atoms with Crippen LogP contribution in [0.5, 0.6) is 0 Å². The number of rotatable bonds is 4. The smallest absolute Gasteiger partial charge is 0.300 e. The maximum Gasteiger partial charge on any atom is 0.300 e. The molecule has 5 rings (SSSR count). The number of piperazine rings is 1. The van der Waals surface area contributed by atoms with E-state index >= 15 is 0 Å². The van der Waals surface area contributed by atoms with Crippen LogP contribution in [-0.4, -0.2) is 63.0 Å². The molecule has 8 heteroatoms. The van der Waals surface area contributed by atoms with Gasteiger partial charge in [-0.15, -0.1) is 0 Å². The summed E-state index contributed by atoms with van der Waals surface area (Å²) in [5.41, 5.74) is 4.00. The lowest BCUT2D eigenvalue weighted by Gasteiger charge is -2.35. The zero-order valence-electron chi connectivity index (χ0n) is 19.9. The van der Waals surface area contributed by atoms with Crippen LogP contribution in [0, 0.1) is 0 Å². The molecule has 0 spiro atoms. The number of nitrogens with zero attached hydrogens (tertiary/aromatic N) is 4. The number of aryl methyl sites for hydroxylation is 1. The van der Waals surface area contributed by atoms with Crippen LogP contribution in [0.15, 0.2) is 67.1 Å². The molecule has 180 valence electrons. The highest BCUT2D eigenvalue weighted by Gasteiger charge is 2.23. The molecule has 2 aromatic heterocycles. The summed E-state index contributed by atoms with van der Waals surface area (Å²) in [4.78, 5) is 38.3. The van der Waals surface area contributed by atoms with E-state index in [1.54, 1.807) is 6.33 Å². The average Bonchev–Trinajstić information content (AvgIpc) is 3.42. The first kappa shape index (κ1) is 23.9. The molecule has 2 N–H and O–H groups in total. The molecule has 2 aromatic carbocycles. The van der Waals surface area contributed by atoms with Crippen LogP contribution in [0.1, 0.15) is 29.9 Å². The third-order valence-electron chi connectivity index (χ3n) is 5.98. The number of carbonyl (C=O) groups is 2. The van der Waals surface area contributed by atoms with Crippen LogP contribution in [-0.2, 0) is 11.2 Å². The second-order valence-corrected chi connectivity index (χ2v) is 8.34. The number of nitrogens with one attached hydrogen (secondary N) is 1. The summed E-state index contributed by atoms with van der Waals surface area (Å²) in [5.74, 6) is 0.199. The SMILES string of the molecule is CC(=O)O.CCc1cc(N2CCN(C(=O)c3ccc4c(-c5ccc[nH]5)cccc4c3)CC2)ncn1. The molecule has 4 aromatic rings. The fourth-order valence-corrected chi connectivity index (χ4v) is 4.22. The van der Waals surface area contributed by atoms with E-state index in [2.05, 4.69) is 51.0 Å². The Morgan fingerprint density at radius 1 is 1.00 bits per heavy atom. The third-order valence-corrected chi connectivity index (χ3v) is 5.98. The minimum absolute atomic E-state index is 0.0868. The van der Waals surface area contributed by atoms with Gasteiger partial charge < -0.3 is 19.9 Å². The van der Waals surface area contributed by atoms with Crippen molar-refractivity contribution in [3.05, 3.63) is 78.4 Å². The molecule has 0 atom stereocenters. The van der Waals surface area contributed by atoms with Crippen molar-refractivity contribution in [1.29, 1.82) is 0 Å². The van der Waals surface area contributed by atoms with Crippen LogP contribution >= 0.6 is 0 Å². The van der Waals surface area contributed by atoms with Gasteiger partial charge in [0.05, 0.1) is 0 Å². The predicted octanol–water partition coefficient (Wildman–Crippen LogP) is 4.24. The molecule has 0 aliphatic carbocycles. The van der Waals surface area contributed by atoms with E-state index in [1.165, 1.54) is 0 Å². The minimum Gasteiger partial charge on any atom is -0.481 e. The Morgan fingerprint density at radius 3 is 2.46 bits per heavy atom. The van der Waals surface area contributed by atoms with Crippen molar-refractivity contribution < 1.29 is 14.7 Å². The van der Waals surface area contributed by atoms with Crippen molar-refractivity contribution in [1.82, 2.24) is 19.9 Å². The van der Waals surface area contributed by atoms with Crippen molar-refractivity contribution >= 4 is 28.5 Å². The standard InChI is InChI=1S/C25H25N5O.C2H4O2/c1-2-20-16-24(28-17-27-20)29-11-13-30(14-12-29)25(31)19-8-9-21-18(15-19)5-3-6-22(21)23-7-4-10-26-23;1-2(3)4/h3-10,15-17,26H,2,11-14H2,1H3;1H3,(H,3,4). The van der Waals surface area contributed by atoms with Gasteiger partial charge >= 0.3 is 0 Å². The molecule has 1 saturated heterocycles. The number of fused-ring (bicyclic) bond motifs is 1. The van der Waals surface area contributed by atoms with Crippen LogP contribution in [0.4, 0.5) is 5.82 Å². The lowest BCUT2D eigenvalue weighted by atomic mass is 9.99. The summed E-state index contributed by atoms with van der Waals surface area (Å²) in [5, 5.41) is 9.63. The fourth-order valence-electron chi connectivity index (χ4n) is 4.22. The van der Waals surface area contributed by atoms with Gasteiger partial charge in [-0.2, -0.15) is 0 Å². The summed E-state index contributed by atoms with van der Waals surface area (Å²) in [6, 6.07) is 18.3. The Hall–Kier alpha value is -4.20. The maximum atomic E-state index is 13.2. The molecule has 3 heterocycles. The van der Waals surface area contributed by atoms with Gasteiger partial charge in [0, 0.05) is 67.9 Å². The van der Waals surface area contributed by atoms with E-state index in [0.717, 1.165) is 65.5 Å². The molecular formula is C27H29N5O3. The number of carbonyl (C=O) groups excluding carboxylic acids is 1. The first-order valence-electron chi connectivity index (χ1n) is 11.7. The van der Waals surface area contributed by atoms with Gasteiger partial charge in [0.25, 0.3) is 11.9 Å². The first-order valence-corrected chi connectivity index (χ1v) is 11.7. The van der Waals surface area contributed by atoms with E-state index in [1.807, 2.05) is 41.4 Å². The van der Waals surface area contributed by atoms with Gasteiger partial charge in [-0.05, 0) is 41.5 Å². The lowest BCUT2D eigenvalue weighted by Crippen LogP contribution is -2.49. The highest BCUT2D eigenvalue weighted by molar-refractivity contribution is 6.02. The number of benzene rings is 2. The highest BCUT2D eigenvalue weighted by atomic mass is 16.4. The van der Waals surface area contributed by atoms with Gasteiger partial charge in [-0.25, -0.2) is 9.97 Å². The number of carboxylic acids is 1. The van der Waals surface area contributed by atoms with Gasteiger partial charge in [0.15, 0.2) is 0 Å². The number of amides is 1. The number of aliphatic carboxylic acids is 1. The van der Waals surface area contributed by atoms with Gasteiger partial charge in [-0.3, -0.25) is 9.59 Å². The molecule has 1 aliphatic heterocycles. The van der Waals surface area contributed by atoms with Gasteiger partial charge in [0.2, 0.25) is 0 Å². The second kappa shape index (κ2) is 10.8. The van der Waals surface area contributed by atoms with Crippen LogP contribution in [0.25, 0.3) is 22.0 Å². The largest absolute Gasteiger partial charge is 0.481 e. The number of aromatic amines is 1. The number of carboxylic acid groups (broad SMARTS) is 1. The summed E-state index contributed by atoms with van der Waals surface area (Å²) < 4.78 is 0. The molecule has 8 nitrogen and oxygen atoms in total. The molecule has 1 fully saturated rings. The van der Waals surface area contributed by atoms with E-state index in [4.69, 9.17) is 9.90 Å². The number of H-pyrrole nitrogens is 1. The van der Waals surface area contributed by atoms with Crippen LogP contribution < -0.4 is 4.90 Å². The molecule has 0 bridgehead atoms. The Morgan fingerprint density at radius 2 is 1.77 bits per heavy atom. The van der Waals surface area contributed by atoms with Crippen molar-refractivity contribution in [3.8, 4) is 11.3 Å². The average molecular weight is 472 g/mol. The first-order chi connectivity index (χ1) is 17.0. The van der Waals surface area contributed by atoms with E-state index < -0.39 is 5.97 Å². The van der Waals surface area contributed by atoms with E-state index in [-0.39, 0.29) is 5.91 Å². The number of hydrogen-bond donors (Lipinski definition) is 2. The van der Waals surface area contributed by atoms with Crippen molar-refractivity contribution in [2.75, 3.05) is 31.1 Å². The fraction of sp³-hybridized carbons (Fsp3) is 0.259. The Bertz CT molecular complexity index is 1310. The van der Waals surface area contributed by atoms with E-state index in [9.17, 15) is 4.79 Å². The Labute approximate surface area is 204 Å². The number of anilines is 1. The second-order valence-electron chi connectivity index (χ2n) is 8.34. The quantitative estimate of drug-likeness (QED) is 0.462. The number of aromatic nitrogens is 3. The summed E-state index contributed by atoms with van der Waals surface area (Å²) >= 11 is 0. The summed E-state index contributed by atoms with van der Waals surface area (Å²) in [6.07, 6.45) is 4.44. The van der Waals surface area contributed by atoms with Crippen molar-refractivity contribution in [2.24, 2.45) is 0 Å². The molecule has 0 radical (unpaired) electrons. The predicted molar refractivity (Wildman–Crippen MR) is 137 cm³/mol. The molecule has 1 amide bonds. The minimum atomic E-state index is -0.833. The van der Waals surface area contributed by atoms with E-state index in [0.29, 0.717) is 13.1 Å². The Balaban J connectivity index is 0.000000672. The number of hydrogen-bond acceptors (Lipinski definition) is 5. The van der Waals surface area contributed by atoms with Crippen molar-refractivity contribution in [2.45, 2.75) is 20.3 Å². The monoisotopic (exact) mass is 471 g/mol. The zero-order valence-corrected chi connectivity index (χ0v) is 19.9. The lowest BCUT2D eigenvalue weighted by molar-refractivity contribution is -0.134. The molecular weight excluding hydrogens is 442 g/mol. The van der Waals surface area contributed by atoms with Crippen molar-refractivity contribution in [3.63, 3.8) is 0 Å².